The predicted octanol–water partition coefficient (Wildman–Crippen LogP) is 1.97. The molecular formula is C14H20ClN3O2. The standard InChI is InChI=1S/C14H20ClN3O2/c1-10(18-5-2-7-20-8-6-18)14(19)17-11-3-4-12(15)13(16)9-11/h3-4,9-10H,2,5-8,16H2,1H3,(H,17,19). The normalized spacial score (nSPS) is 18.3. The number of nitrogens with zero attached hydrogens (tertiary/aromatic N) is 1. The van der Waals surface area contributed by atoms with Gasteiger partial charge < -0.3 is 15.8 Å². The molecule has 2 rings (SSSR count). The number of anilines is 2. The molecule has 1 saturated heterocycles. The molecule has 6 heteroatoms. The molecule has 1 aromatic rings. The number of hydrogen-bond donors (Lipinski definition) is 2. The van der Waals surface area contributed by atoms with Crippen molar-refractivity contribution in [1.82, 2.24) is 4.90 Å². The molecule has 0 radical (unpaired) electrons. The van der Waals surface area contributed by atoms with E-state index in [0.717, 1.165) is 26.1 Å². The van der Waals surface area contributed by atoms with Crippen LogP contribution in [0, 0.1) is 0 Å². The molecule has 1 aliphatic rings. The molecule has 1 atom stereocenters. The Morgan fingerprint density at radius 2 is 2.25 bits per heavy atom. The number of carbonyl (C=O) groups is 1. The smallest absolute Gasteiger partial charge is 0.241 e. The Kier molecular flexibility index (Phi) is 5.23. The van der Waals surface area contributed by atoms with Crippen LogP contribution in [0.5, 0.6) is 0 Å². The number of ether oxygens (including phenoxy) is 1. The van der Waals surface area contributed by atoms with Crippen molar-refractivity contribution in [2.45, 2.75) is 19.4 Å². The van der Waals surface area contributed by atoms with Gasteiger partial charge in [0.25, 0.3) is 0 Å². The maximum atomic E-state index is 12.3. The topological polar surface area (TPSA) is 67.6 Å². The molecule has 110 valence electrons. The van der Waals surface area contributed by atoms with E-state index >= 15 is 0 Å². The van der Waals surface area contributed by atoms with Crippen molar-refractivity contribution in [1.29, 1.82) is 0 Å². The second-order valence-electron chi connectivity index (χ2n) is 4.90. The van der Waals surface area contributed by atoms with Gasteiger partial charge in [0.2, 0.25) is 5.91 Å². The first-order chi connectivity index (χ1) is 9.58. The molecule has 1 amide bonds. The van der Waals surface area contributed by atoms with E-state index in [9.17, 15) is 4.79 Å². The summed E-state index contributed by atoms with van der Waals surface area (Å²) in [4.78, 5) is 14.4. The first kappa shape index (κ1) is 15.1. The lowest BCUT2D eigenvalue weighted by atomic mass is 10.2. The highest BCUT2D eigenvalue weighted by Gasteiger charge is 2.22. The number of nitrogens with one attached hydrogen (secondary N) is 1. The molecule has 0 aromatic heterocycles. The summed E-state index contributed by atoms with van der Waals surface area (Å²) in [5.74, 6) is -0.0476. The van der Waals surface area contributed by atoms with Gasteiger partial charge >= 0.3 is 0 Å². The van der Waals surface area contributed by atoms with Gasteiger partial charge in [0.15, 0.2) is 0 Å². The zero-order valence-electron chi connectivity index (χ0n) is 11.6. The Labute approximate surface area is 124 Å². The predicted molar refractivity (Wildman–Crippen MR) is 81.0 cm³/mol. The first-order valence-electron chi connectivity index (χ1n) is 6.75. The van der Waals surface area contributed by atoms with Crippen molar-refractivity contribution in [3.63, 3.8) is 0 Å². The Hall–Kier alpha value is -1.30. The molecule has 0 bridgehead atoms. The van der Waals surface area contributed by atoms with Crippen molar-refractivity contribution in [3.05, 3.63) is 23.2 Å². The highest BCUT2D eigenvalue weighted by Crippen LogP contribution is 2.22. The fourth-order valence-corrected chi connectivity index (χ4v) is 2.30. The van der Waals surface area contributed by atoms with Crippen molar-refractivity contribution in [2.75, 3.05) is 37.4 Å². The van der Waals surface area contributed by atoms with Crippen LogP contribution in [0.15, 0.2) is 18.2 Å². The van der Waals surface area contributed by atoms with Crippen LogP contribution in [0.1, 0.15) is 13.3 Å². The molecule has 0 saturated carbocycles. The molecule has 1 heterocycles. The average molecular weight is 298 g/mol. The summed E-state index contributed by atoms with van der Waals surface area (Å²) in [6.07, 6.45) is 0.950. The third-order valence-corrected chi connectivity index (χ3v) is 3.79. The Balaban J connectivity index is 1.97. The number of hydrogen-bond acceptors (Lipinski definition) is 4. The number of rotatable bonds is 3. The highest BCUT2D eigenvalue weighted by atomic mass is 35.5. The third-order valence-electron chi connectivity index (χ3n) is 3.45. The fourth-order valence-electron chi connectivity index (χ4n) is 2.19. The van der Waals surface area contributed by atoms with E-state index in [1.165, 1.54) is 0 Å². The van der Waals surface area contributed by atoms with Crippen LogP contribution in [0.4, 0.5) is 11.4 Å². The van der Waals surface area contributed by atoms with Crippen molar-refractivity contribution < 1.29 is 9.53 Å². The minimum Gasteiger partial charge on any atom is -0.397 e. The second kappa shape index (κ2) is 6.92. The van der Waals surface area contributed by atoms with Gasteiger partial charge in [-0.3, -0.25) is 9.69 Å². The van der Waals surface area contributed by atoms with Crippen molar-refractivity contribution in [3.8, 4) is 0 Å². The van der Waals surface area contributed by atoms with Gasteiger partial charge in [0, 0.05) is 25.4 Å². The van der Waals surface area contributed by atoms with Crippen LogP contribution in [0.25, 0.3) is 0 Å². The van der Waals surface area contributed by atoms with Crippen LogP contribution >= 0.6 is 11.6 Å². The number of benzene rings is 1. The molecule has 1 fully saturated rings. The molecular weight excluding hydrogens is 278 g/mol. The van der Waals surface area contributed by atoms with Crippen LogP contribution in [-0.2, 0) is 9.53 Å². The maximum Gasteiger partial charge on any atom is 0.241 e. The summed E-state index contributed by atoms with van der Waals surface area (Å²) in [6.45, 7) is 4.98. The number of carbonyl (C=O) groups excluding carboxylic acids is 1. The van der Waals surface area contributed by atoms with E-state index in [1.54, 1.807) is 18.2 Å². The number of halogens is 1. The van der Waals surface area contributed by atoms with Gasteiger partial charge in [0.05, 0.1) is 23.4 Å². The van der Waals surface area contributed by atoms with E-state index in [2.05, 4.69) is 10.2 Å². The van der Waals surface area contributed by atoms with Crippen LogP contribution in [0.2, 0.25) is 5.02 Å². The molecule has 20 heavy (non-hydrogen) atoms. The Morgan fingerprint density at radius 3 is 3.00 bits per heavy atom. The zero-order valence-corrected chi connectivity index (χ0v) is 12.3. The van der Waals surface area contributed by atoms with E-state index in [0.29, 0.717) is 23.0 Å². The highest BCUT2D eigenvalue weighted by molar-refractivity contribution is 6.33. The largest absolute Gasteiger partial charge is 0.397 e. The summed E-state index contributed by atoms with van der Waals surface area (Å²) in [5, 5.41) is 3.35. The molecule has 1 aliphatic heterocycles. The molecule has 5 nitrogen and oxygen atoms in total. The minimum atomic E-state index is -0.200. The SMILES string of the molecule is CC(C(=O)Nc1ccc(Cl)c(N)c1)N1CCCOCC1. The quantitative estimate of drug-likeness (QED) is 0.837. The second-order valence-corrected chi connectivity index (χ2v) is 5.31. The monoisotopic (exact) mass is 297 g/mol. The summed E-state index contributed by atoms with van der Waals surface area (Å²) >= 11 is 5.86. The number of nitrogen functional groups attached to an aromatic ring is 1. The van der Waals surface area contributed by atoms with Gasteiger partial charge in [-0.05, 0) is 31.5 Å². The van der Waals surface area contributed by atoms with Gasteiger partial charge in [-0.25, -0.2) is 0 Å². The van der Waals surface area contributed by atoms with Gasteiger partial charge in [-0.15, -0.1) is 0 Å². The Morgan fingerprint density at radius 1 is 1.45 bits per heavy atom. The molecule has 3 N–H and O–H groups in total. The lowest BCUT2D eigenvalue weighted by Gasteiger charge is -2.26. The van der Waals surface area contributed by atoms with E-state index in [-0.39, 0.29) is 11.9 Å². The average Bonchev–Trinajstić information content (AvgIpc) is 2.71. The number of amides is 1. The van der Waals surface area contributed by atoms with E-state index in [1.807, 2.05) is 6.92 Å². The van der Waals surface area contributed by atoms with Gasteiger partial charge in [-0.2, -0.15) is 0 Å². The molecule has 1 aromatic carbocycles. The number of nitrogens with two attached hydrogens (primary N) is 1. The summed E-state index contributed by atoms with van der Waals surface area (Å²) in [6, 6.07) is 4.89. The maximum absolute atomic E-state index is 12.3. The van der Waals surface area contributed by atoms with Crippen LogP contribution in [-0.4, -0.2) is 43.2 Å². The fraction of sp³-hybridized carbons (Fsp3) is 0.500. The van der Waals surface area contributed by atoms with Crippen molar-refractivity contribution in [2.24, 2.45) is 0 Å². The van der Waals surface area contributed by atoms with Crippen molar-refractivity contribution >= 4 is 28.9 Å². The minimum absolute atomic E-state index is 0.0476. The van der Waals surface area contributed by atoms with Crippen LogP contribution in [0.3, 0.4) is 0 Å². The summed E-state index contributed by atoms with van der Waals surface area (Å²) in [5.41, 5.74) is 6.85. The zero-order chi connectivity index (χ0) is 14.5. The third kappa shape index (κ3) is 3.85. The lowest BCUT2D eigenvalue weighted by Crippen LogP contribution is -2.43. The molecule has 0 aliphatic carbocycles. The van der Waals surface area contributed by atoms with Gasteiger partial charge in [0.1, 0.15) is 0 Å². The first-order valence-corrected chi connectivity index (χ1v) is 7.13. The van der Waals surface area contributed by atoms with Crippen LogP contribution < -0.4 is 11.1 Å². The van der Waals surface area contributed by atoms with Gasteiger partial charge in [-0.1, -0.05) is 11.6 Å². The van der Waals surface area contributed by atoms with E-state index in [4.69, 9.17) is 22.1 Å². The molecule has 1 unspecified atom stereocenters. The summed E-state index contributed by atoms with van der Waals surface area (Å²) < 4.78 is 5.40. The summed E-state index contributed by atoms with van der Waals surface area (Å²) in [7, 11) is 0. The molecule has 0 spiro atoms. The Bertz CT molecular complexity index is 473. The lowest BCUT2D eigenvalue weighted by molar-refractivity contribution is -0.120. The van der Waals surface area contributed by atoms with E-state index < -0.39 is 0 Å².